The van der Waals surface area contributed by atoms with E-state index >= 15 is 0 Å². The van der Waals surface area contributed by atoms with E-state index in [4.69, 9.17) is 28.3 Å². The molecule has 1 unspecified atom stereocenters. The first-order valence-corrected chi connectivity index (χ1v) is 6.32. The number of halogens is 2. The van der Waals surface area contributed by atoms with Gasteiger partial charge in [-0.15, -0.1) is 0 Å². The van der Waals surface area contributed by atoms with Crippen molar-refractivity contribution >= 4 is 29.2 Å². The van der Waals surface area contributed by atoms with Gasteiger partial charge >= 0.3 is 5.97 Å². The van der Waals surface area contributed by atoms with Crippen LogP contribution in [0.3, 0.4) is 0 Å². The van der Waals surface area contributed by atoms with Crippen LogP contribution >= 0.6 is 23.2 Å². The van der Waals surface area contributed by atoms with Crippen molar-refractivity contribution in [3.8, 4) is 0 Å². The second-order valence-electron chi connectivity index (χ2n) is 5.12. The molecule has 2 N–H and O–H groups in total. The average Bonchev–Trinajstić information content (AvgIpc) is 2.18. The Kier molecular flexibility index (Phi) is 5.02. The predicted octanol–water partition coefficient (Wildman–Crippen LogP) is 3.92. The van der Waals surface area contributed by atoms with E-state index in [1.807, 2.05) is 0 Å². The van der Waals surface area contributed by atoms with Crippen molar-refractivity contribution in [2.24, 2.45) is 5.41 Å². The second-order valence-corrected chi connectivity index (χ2v) is 5.96. The normalized spacial score (nSPS) is 13.4. The summed E-state index contributed by atoms with van der Waals surface area (Å²) in [6, 6.07) is 4.86. The van der Waals surface area contributed by atoms with Crippen LogP contribution in [0.4, 0.5) is 0 Å². The molecular formula is C13H16Cl2O3. The minimum Gasteiger partial charge on any atom is -0.481 e. The lowest BCUT2D eigenvalue weighted by molar-refractivity contribution is -0.139. The largest absolute Gasteiger partial charge is 0.481 e. The molecule has 0 bridgehead atoms. The molecule has 0 amide bonds. The van der Waals surface area contributed by atoms with E-state index in [1.165, 1.54) is 0 Å². The Labute approximate surface area is 116 Å². The Balaban J connectivity index is 2.84. The molecule has 0 saturated carbocycles. The van der Waals surface area contributed by atoms with Crippen LogP contribution in [-0.4, -0.2) is 16.2 Å². The summed E-state index contributed by atoms with van der Waals surface area (Å²) in [5, 5.41) is 19.9. The Morgan fingerprint density at radius 2 is 2.00 bits per heavy atom. The molecule has 0 aromatic heterocycles. The van der Waals surface area contributed by atoms with Crippen LogP contribution in [0.5, 0.6) is 0 Å². The van der Waals surface area contributed by atoms with Crippen LogP contribution in [0, 0.1) is 5.41 Å². The third-order valence-corrected chi connectivity index (χ3v) is 3.27. The molecule has 1 aromatic carbocycles. The molecular weight excluding hydrogens is 275 g/mol. The number of hydrogen-bond donors (Lipinski definition) is 2. The first-order chi connectivity index (χ1) is 8.21. The minimum absolute atomic E-state index is 0.0117. The fourth-order valence-electron chi connectivity index (χ4n) is 1.88. The number of carboxylic acids is 1. The summed E-state index contributed by atoms with van der Waals surface area (Å²) < 4.78 is 0. The van der Waals surface area contributed by atoms with E-state index in [-0.39, 0.29) is 6.42 Å². The fraction of sp³-hybridized carbons (Fsp3) is 0.462. The maximum Gasteiger partial charge on any atom is 0.303 e. The molecule has 1 atom stereocenters. The van der Waals surface area contributed by atoms with Crippen molar-refractivity contribution in [1.29, 1.82) is 0 Å². The second kappa shape index (κ2) is 5.91. The Morgan fingerprint density at radius 3 is 2.56 bits per heavy atom. The number of carbonyl (C=O) groups is 1. The SMILES string of the molecule is CC(C)(CC(=O)O)CC(O)c1cc(Cl)ccc1Cl. The van der Waals surface area contributed by atoms with E-state index in [2.05, 4.69) is 0 Å². The smallest absolute Gasteiger partial charge is 0.303 e. The summed E-state index contributed by atoms with van der Waals surface area (Å²) in [7, 11) is 0. The fourth-order valence-corrected chi connectivity index (χ4v) is 2.31. The van der Waals surface area contributed by atoms with Gasteiger partial charge in [0.05, 0.1) is 12.5 Å². The molecule has 1 aromatic rings. The van der Waals surface area contributed by atoms with Gasteiger partial charge < -0.3 is 10.2 Å². The number of aliphatic hydroxyl groups is 1. The lowest BCUT2D eigenvalue weighted by atomic mass is 9.82. The first kappa shape index (κ1) is 15.3. The molecule has 5 heteroatoms. The zero-order valence-corrected chi connectivity index (χ0v) is 11.8. The van der Waals surface area contributed by atoms with Gasteiger partial charge in [0.2, 0.25) is 0 Å². The van der Waals surface area contributed by atoms with Gasteiger partial charge in [0, 0.05) is 15.6 Å². The maximum absolute atomic E-state index is 10.7. The van der Waals surface area contributed by atoms with Crippen LogP contribution in [0.15, 0.2) is 18.2 Å². The van der Waals surface area contributed by atoms with Crippen molar-refractivity contribution in [3.63, 3.8) is 0 Å². The Morgan fingerprint density at radius 1 is 1.39 bits per heavy atom. The molecule has 3 nitrogen and oxygen atoms in total. The molecule has 0 aliphatic heterocycles. The van der Waals surface area contributed by atoms with Crippen LogP contribution in [-0.2, 0) is 4.79 Å². The predicted molar refractivity (Wildman–Crippen MR) is 72.1 cm³/mol. The van der Waals surface area contributed by atoms with Crippen LogP contribution in [0.1, 0.15) is 38.4 Å². The van der Waals surface area contributed by atoms with Crippen molar-refractivity contribution in [2.75, 3.05) is 0 Å². The molecule has 1 rings (SSSR count). The quantitative estimate of drug-likeness (QED) is 0.864. The van der Waals surface area contributed by atoms with Gasteiger partial charge in [0.25, 0.3) is 0 Å². The Bertz CT molecular complexity index is 444. The summed E-state index contributed by atoms with van der Waals surface area (Å²) in [6.45, 7) is 3.59. The van der Waals surface area contributed by atoms with Crippen molar-refractivity contribution in [1.82, 2.24) is 0 Å². The standard InChI is InChI=1S/C13H16Cl2O3/c1-13(2,7-12(17)18)6-11(16)9-5-8(14)3-4-10(9)15/h3-5,11,16H,6-7H2,1-2H3,(H,17,18). The minimum atomic E-state index is -0.885. The maximum atomic E-state index is 10.7. The number of carboxylic acid groups (broad SMARTS) is 1. The number of hydrogen-bond acceptors (Lipinski definition) is 2. The third kappa shape index (κ3) is 4.48. The summed E-state index contributed by atoms with van der Waals surface area (Å²) in [4.78, 5) is 10.7. The molecule has 0 aliphatic rings. The van der Waals surface area contributed by atoms with Gasteiger partial charge in [-0.3, -0.25) is 4.79 Å². The molecule has 0 saturated heterocycles. The van der Waals surface area contributed by atoms with Gasteiger partial charge in [0.15, 0.2) is 0 Å². The van der Waals surface area contributed by atoms with Gasteiger partial charge in [0.1, 0.15) is 0 Å². The molecule has 100 valence electrons. The number of benzene rings is 1. The summed E-state index contributed by atoms with van der Waals surface area (Å²) in [6.07, 6.45) is -0.535. The highest BCUT2D eigenvalue weighted by atomic mass is 35.5. The molecule has 0 fully saturated rings. The third-order valence-electron chi connectivity index (χ3n) is 2.69. The molecule has 0 aliphatic carbocycles. The topological polar surface area (TPSA) is 57.5 Å². The summed E-state index contributed by atoms with van der Waals surface area (Å²) in [5.41, 5.74) is 0.0132. The highest BCUT2D eigenvalue weighted by Crippen LogP contribution is 2.36. The Hall–Kier alpha value is -0.770. The molecule has 0 spiro atoms. The molecule has 18 heavy (non-hydrogen) atoms. The van der Waals surface area contributed by atoms with E-state index in [0.29, 0.717) is 22.0 Å². The highest BCUT2D eigenvalue weighted by Gasteiger charge is 2.27. The summed E-state index contributed by atoms with van der Waals surface area (Å²) in [5.74, 6) is -0.885. The van der Waals surface area contributed by atoms with E-state index < -0.39 is 17.5 Å². The van der Waals surface area contributed by atoms with Crippen LogP contribution < -0.4 is 0 Å². The molecule has 0 heterocycles. The van der Waals surface area contributed by atoms with Crippen molar-refractivity contribution in [3.05, 3.63) is 33.8 Å². The first-order valence-electron chi connectivity index (χ1n) is 5.56. The van der Waals surface area contributed by atoms with E-state index in [9.17, 15) is 9.90 Å². The van der Waals surface area contributed by atoms with Crippen LogP contribution in [0.2, 0.25) is 10.0 Å². The van der Waals surface area contributed by atoms with E-state index in [1.54, 1.807) is 32.0 Å². The van der Waals surface area contributed by atoms with E-state index in [0.717, 1.165) is 0 Å². The highest BCUT2D eigenvalue weighted by molar-refractivity contribution is 6.33. The van der Waals surface area contributed by atoms with Crippen molar-refractivity contribution < 1.29 is 15.0 Å². The van der Waals surface area contributed by atoms with Gasteiger partial charge in [-0.2, -0.15) is 0 Å². The van der Waals surface area contributed by atoms with Gasteiger partial charge in [-0.1, -0.05) is 37.0 Å². The molecule has 0 radical (unpaired) electrons. The van der Waals surface area contributed by atoms with Crippen LogP contribution in [0.25, 0.3) is 0 Å². The lowest BCUT2D eigenvalue weighted by Gasteiger charge is -2.26. The summed E-state index contributed by atoms with van der Waals surface area (Å²) >= 11 is 11.8. The monoisotopic (exact) mass is 290 g/mol. The van der Waals surface area contributed by atoms with Gasteiger partial charge in [-0.05, 0) is 30.0 Å². The number of aliphatic hydroxyl groups excluding tert-OH is 1. The average molecular weight is 291 g/mol. The number of aliphatic carboxylic acids is 1. The lowest BCUT2D eigenvalue weighted by Crippen LogP contribution is -2.20. The van der Waals surface area contributed by atoms with Crippen molar-refractivity contribution in [2.45, 2.75) is 32.8 Å². The zero-order valence-electron chi connectivity index (χ0n) is 10.3. The van der Waals surface area contributed by atoms with Gasteiger partial charge in [-0.25, -0.2) is 0 Å². The zero-order chi connectivity index (χ0) is 13.9. The number of rotatable bonds is 5.